The predicted molar refractivity (Wildman–Crippen MR) is 27.4 cm³/mol. The van der Waals surface area contributed by atoms with E-state index >= 15 is 0 Å². The van der Waals surface area contributed by atoms with Crippen molar-refractivity contribution in [2.45, 2.75) is 13.8 Å². The van der Waals surface area contributed by atoms with Gasteiger partial charge in [-0.05, 0) is 13.8 Å². The van der Waals surface area contributed by atoms with E-state index in [1.54, 1.807) is 0 Å². The molecule has 0 rings (SSSR count). The molecule has 0 fully saturated rings. The number of rotatable bonds is 2. The van der Waals surface area contributed by atoms with Crippen molar-refractivity contribution in [1.82, 2.24) is 0 Å². The van der Waals surface area contributed by atoms with Crippen LogP contribution in [0.2, 0.25) is 0 Å². The van der Waals surface area contributed by atoms with Gasteiger partial charge in [-0.25, -0.2) is 0 Å². The summed E-state index contributed by atoms with van der Waals surface area (Å²) in [4.78, 5) is 0. The average Bonchev–Trinajstić information content (AvgIpc) is 1.75. The van der Waals surface area contributed by atoms with Crippen LogP contribution < -0.4 is 0 Å². The smallest absolute Gasteiger partial charge is 0.0437 e. The summed E-state index contributed by atoms with van der Waals surface area (Å²) in [7, 11) is 0. The van der Waals surface area contributed by atoms with Crippen molar-refractivity contribution in [3.05, 3.63) is 0 Å². The predicted octanol–water partition coefficient (Wildman–Crippen LogP) is 1.06. The maximum Gasteiger partial charge on any atom is 0.0437 e. The highest BCUT2D eigenvalue weighted by Gasteiger charge is 1.64. The van der Waals surface area contributed by atoms with Crippen LogP contribution in [0.25, 0.3) is 0 Å². The maximum absolute atomic E-state index is 6.00. The summed E-state index contributed by atoms with van der Waals surface area (Å²) in [5.74, 6) is 0. The van der Waals surface area contributed by atoms with Gasteiger partial charge in [-0.1, -0.05) is 0 Å². The molecule has 2 N–H and O–H groups in total. The molecule has 46 valence electrons. The van der Waals surface area contributed by atoms with Crippen LogP contribution in [0.4, 0.5) is 0 Å². The van der Waals surface area contributed by atoms with Crippen LogP contribution >= 0.6 is 0 Å². The molecular formula is C4H12O3. The molecule has 0 bridgehead atoms. The zero-order valence-corrected chi connectivity index (χ0v) is 4.72. The van der Waals surface area contributed by atoms with Crippen LogP contribution in [0.15, 0.2) is 0 Å². The molecular weight excluding hydrogens is 96.0 g/mol. The molecule has 3 nitrogen and oxygen atoms in total. The van der Waals surface area contributed by atoms with E-state index in [0.717, 1.165) is 13.2 Å². The molecule has 0 saturated carbocycles. The van der Waals surface area contributed by atoms with Crippen LogP contribution in [0, 0.1) is 0 Å². The van der Waals surface area contributed by atoms with Crippen molar-refractivity contribution in [3.8, 4) is 0 Å². The van der Waals surface area contributed by atoms with Crippen LogP contribution in [0.3, 0.4) is 0 Å². The molecule has 7 heavy (non-hydrogen) atoms. The second-order valence-electron chi connectivity index (χ2n) is 0.781. The lowest BCUT2D eigenvalue weighted by atomic mass is 10.8. The molecule has 3 heteroatoms. The summed E-state index contributed by atoms with van der Waals surface area (Å²) in [5, 5.41) is 12.0. The van der Waals surface area contributed by atoms with Crippen LogP contribution in [-0.4, -0.2) is 23.7 Å². The van der Waals surface area contributed by atoms with Gasteiger partial charge in [-0.2, -0.15) is 0 Å². The molecule has 0 heterocycles. The molecule has 0 radical (unpaired) electrons. The summed E-state index contributed by atoms with van der Waals surface area (Å²) in [6.45, 7) is 5.67. The Bertz CT molecular complexity index is 14.4. The Balaban J connectivity index is 0. The first-order valence-corrected chi connectivity index (χ1v) is 2.19. The first-order valence-electron chi connectivity index (χ1n) is 2.19. The molecule has 0 amide bonds. The fourth-order valence-electron chi connectivity index (χ4n) is 0.204. The SMILES string of the molecule is CCOCC.OO. The van der Waals surface area contributed by atoms with Crippen LogP contribution in [0.1, 0.15) is 13.8 Å². The minimum absolute atomic E-state index is 0.844. The normalized spacial score (nSPS) is 6.86. The molecule has 0 unspecified atom stereocenters. The Hall–Kier alpha value is -0.120. The highest BCUT2D eigenvalue weighted by atomic mass is 17.0. The van der Waals surface area contributed by atoms with Gasteiger partial charge in [0, 0.05) is 13.2 Å². The van der Waals surface area contributed by atoms with Crippen molar-refractivity contribution < 1.29 is 15.3 Å². The Kier molecular flexibility index (Phi) is 24.1. The highest BCUT2D eigenvalue weighted by molar-refractivity contribution is 4.07. The summed E-state index contributed by atoms with van der Waals surface area (Å²) >= 11 is 0. The van der Waals surface area contributed by atoms with E-state index in [0.29, 0.717) is 0 Å². The monoisotopic (exact) mass is 108 g/mol. The Morgan fingerprint density at radius 2 is 1.43 bits per heavy atom. The lowest BCUT2D eigenvalue weighted by Crippen LogP contribution is -1.84. The summed E-state index contributed by atoms with van der Waals surface area (Å²) in [6.07, 6.45) is 0. The van der Waals surface area contributed by atoms with E-state index in [2.05, 4.69) is 0 Å². The molecule has 0 saturated heterocycles. The van der Waals surface area contributed by atoms with Gasteiger partial charge in [0.15, 0.2) is 0 Å². The van der Waals surface area contributed by atoms with Gasteiger partial charge < -0.3 is 4.74 Å². The van der Waals surface area contributed by atoms with Crippen molar-refractivity contribution >= 4 is 0 Å². The number of hydrogen-bond acceptors (Lipinski definition) is 3. The maximum atomic E-state index is 6.00. The third kappa shape index (κ3) is 25.0. The first kappa shape index (κ1) is 9.99. The largest absolute Gasteiger partial charge is 0.382 e. The third-order valence-electron chi connectivity index (χ3n) is 0.408. The van der Waals surface area contributed by atoms with Gasteiger partial charge in [0.1, 0.15) is 0 Å². The molecule has 0 aromatic carbocycles. The number of ether oxygens (including phenoxy) is 1. The molecule has 0 aliphatic heterocycles. The van der Waals surface area contributed by atoms with Crippen molar-refractivity contribution in [2.75, 3.05) is 13.2 Å². The molecule has 0 spiro atoms. The second-order valence-corrected chi connectivity index (χ2v) is 0.781. The van der Waals surface area contributed by atoms with Gasteiger partial charge in [0.2, 0.25) is 0 Å². The zero-order chi connectivity index (χ0) is 6.12. The Morgan fingerprint density at radius 3 is 1.43 bits per heavy atom. The standard InChI is InChI=1S/C4H10O.H2O2/c1-3-5-4-2;1-2/h3-4H2,1-2H3;1-2H. The summed E-state index contributed by atoms with van der Waals surface area (Å²) < 4.78 is 4.83. The van der Waals surface area contributed by atoms with E-state index in [1.165, 1.54) is 0 Å². The third-order valence-corrected chi connectivity index (χ3v) is 0.408. The molecule has 0 aliphatic rings. The lowest BCUT2D eigenvalue weighted by molar-refractivity contribution is -0.176. The fraction of sp³-hybridized carbons (Fsp3) is 1.00. The lowest BCUT2D eigenvalue weighted by Gasteiger charge is -1.86. The Labute approximate surface area is 43.5 Å². The number of hydrogen-bond donors (Lipinski definition) is 2. The van der Waals surface area contributed by atoms with Crippen molar-refractivity contribution in [3.63, 3.8) is 0 Å². The van der Waals surface area contributed by atoms with Crippen LogP contribution in [0.5, 0.6) is 0 Å². The van der Waals surface area contributed by atoms with Crippen LogP contribution in [-0.2, 0) is 4.74 Å². The van der Waals surface area contributed by atoms with E-state index in [4.69, 9.17) is 15.3 Å². The molecule has 0 aliphatic carbocycles. The van der Waals surface area contributed by atoms with E-state index in [1.807, 2.05) is 13.8 Å². The topological polar surface area (TPSA) is 49.7 Å². The average molecular weight is 108 g/mol. The van der Waals surface area contributed by atoms with E-state index in [-0.39, 0.29) is 0 Å². The Morgan fingerprint density at radius 1 is 1.14 bits per heavy atom. The van der Waals surface area contributed by atoms with Gasteiger partial charge in [0.05, 0.1) is 0 Å². The van der Waals surface area contributed by atoms with Gasteiger partial charge in [-0.3, -0.25) is 10.5 Å². The minimum Gasteiger partial charge on any atom is -0.382 e. The van der Waals surface area contributed by atoms with Crippen molar-refractivity contribution in [2.24, 2.45) is 0 Å². The van der Waals surface area contributed by atoms with Gasteiger partial charge in [0.25, 0.3) is 0 Å². The fourth-order valence-corrected chi connectivity index (χ4v) is 0.204. The first-order chi connectivity index (χ1) is 3.41. The highest BCUT2D eigenvalue weighted by Crippen LogP contribution is 1.64. The quantitative estimate of drug-likeness (QED) is 0.410. The summed E-state index contributed by atoms with van der Waals surface area (Å²) in [6, 6.07) is 0. The van der Waals surface area contributed by atoms with Gasteiger partial charge in [-0.15, -0.1) is 0 Å². The minimum atomic E-state index is 0.844. The second kappa shape index (κ2) is 16.9. The van der Waals surface area contributed by atoms with Crippen molar-refractivity contribution in [1.29, 1.82) is 0 Å². The van der Waals surface area contributed by atoms with Gasteiger partial charge >= 0.3 is 0 Å². The molecule has 0 atom stereocenters. The van der Waals surface area contributed by atoms with E-state index < -0.39 is 0 Å². The van der Waals surface area contributed by atoms with E-state index in [9.17, 15) is 0 Å². The molecule has 0 aromatic rings. The molecule has 0 aromatic heterocycles. The summed E-state index contributed by atoms with van der Waals surface area (Å²) in [5.41, 5.74) is 0. The zero-order valence-electron chi connectivity index (χ0n) is 4.72.